The number of phosphoric ester groups is 2. The molecule has 0 aliphatic carbocycles. The molecular weight excluding hydrogens is 1260 g/mol. The topological polar surface area (TPSA) is 287 Å². The molecule has 2 unspecified atom stereocenters. The molecule has 470 valence electrons. The normalized spacial score (nSPS) is 19.4. The van der Waals surface area contributed by atoms with Crippen LogP contribution in [0.15, 0.2) is 186 Å². The molecule has 0 bridgehead atoms. The number of H-pyrrole nitrogens is 1. The molecule has 2 saturated heterocycles. The zero-order valence-corrected chi connectivity index (χ0v) is 52.1. The monoisotopic (exact) mass is 1310 g/mol. The standard InChI is InChI=1S/C63H58Cl2N8O16P2/c1-40-35-72(62(76)71-60(40)74)55-33-52(88-90(77,82-32-10-31-66)86-49-27-19-45(64)20-28-49)54(85-55)37-83-91(78,87-50-29-21-46(65)22-30-50)89-51-34-56(73-39-69-57-58(67-38-68-59(57)73)70-61(75)41-11-6-4-7-12-41)84-53(51)36-81-63(42-13-8-5-9-14-42,43-15-23-47(79-2)24-16-43)44-17-25-48(80-3)26-18-44/h4-9,11-30,35,38-39,51-56H,10,32-34,36-37H2,1-3H3,(H,71,74,76)(H,67,68,70,75)/t51-,52-,53+,54+,55+,56+,90?,91?/m0/s1. The smallest absolute Gasteiger partial charge is 0.497 e. The fraction of sp³-hybridized carbons (Fsp3) is 0.254. The number of hydrogen-bond acceptors (Lipinski definition) is 20. The number of carbonyl (C=O) groups excluding carboxylic acids is 1. The van der Waals surface area contributed by atoms with E-state index in [9.17, 15) is 24.2 Å². The van der Waals surface area contributed by atoms with Gasteiger partial charge in [0.15, 0.2) is 17.0 Å². The highest BCUT2D eigenvalue weighted by Gasteiger charge is 2.50. The molecule has 2 aliphatic rings. The van der Waals surface area contributed by atoms with E-state index in [-0.39, 0.29) is 59.9 Å². The number of aryl methyl sites for hydroxylation is 1. The van der Waals surface area contributed by atoms with Gasteiger partial charge in [0, 0.05) is 40.2 Å². The molecule has 9 aromatic rings. The molecule has 1 amide bonds. The maximum absolute atomic E-state index is 16.1. The number of nitrogens with zero attached hydrogens (tertiary/aromatic N) is 6. The zero-order chi connectivity index (χ0) is 63.7. The molecule has 2 N–H and O–H groups in total. The van der Waals surface area contributed by atoms with Gasteiger partial charge in [0.1, 0.15) is 71.8 Å². The molecule has 91 heavy (non-hydrogen) atoms. The minimum absolute atomic E-state index is 0.0134. The fourth-order valence-corrected chi connectivity index (χ4v) is 13.5. The second kappa shape index (κ2) is 28.3. The number of anilines is 1. The summed E-state index contributed by atoms with van der Waals surface area (Å²) in [5.74, 6) is 0.863. The summed E-state index contributed by atoms with van der Waals surface area (Å²) in [6, 6.07) is 46.5. The molecule has 11 rings (SSSR count). The number of ether oxygens (including phenoxy) is 5. The van der Waals surface area contributed by atoms with Gasteiger partial charge < -0.3 is 38.0 Å². The molecule has 6 aromatic carbocycles. The number of phosphoric acid groups is 2. The second-order valence-electron chi connectivity index (χ2n) is 20.7. The van der Waals surface area contributed by atoms with Gasteiger partial charge in [-0.1, -0.05) is 96.0 Å². The van der Waals surface area contributed by atoms with Crippen molar-refractivity contribution in [3.63, 3.8) is 0 Å². The minimum Gasteiger partial charge on any atom is -0.497 e. The highest BCUT2D eigenvalue weighted by molar-refractivity contribution is 7.49. The predicted octanol–water partition coefficient (Wildman–Crippen LogP) is 11.9. The summed E-state index contributed by atoms with van der Waals surface area (Å²) in [5, 5.41) is 12.9. The highest BCUT2D eigenvalue weighted by atomic mass is 35.5. The SMILES string of the molecule is COc1ccc(C(OC[C@H]2O[C@@H](n3cnc4c(NC(=O)c5ccccc5)ncnc43)C[C@@H]2OP(=O)(OC[C@H]2O[C@@H](n3cc(C)c(=O)[nH]c3=O)C[C@@H]2OP(=O)(OCCC#N)Oc2ccc(Cl)cc2)Oc2ccc(Cl)cc2)(c2ccccc2)c2ccc(OC)cc2)cc1. The number of hydrogen-bond donors (Lipinski definition) is 2. The maximum Gasteiger partial charge on any atom is 0.530 e. The molecule has 28 heteroatoms. The maximum atomic E-state index is 16.1. The number of carbonyl (C=O) groups is 1. The van der Waals surface area contributed by atoms with E-state index in [1.807, 2.05) is 84.9 Å². The number of nitriles is 1. The Bertz CT molecular complexity index is 4210. The van der Waals surface area contributed by atoms with Crippen LogP contribution in [0.5, 0.6) is 23.0 Å². The van der Waals surface area contributed by atoms with Crippen molar-refractivity contribution in [2.45, 2.75) is 68.7 Å². The Balaban J connectivity index is 0.978. The quantitative estimate of drug-likeness (QED) is 0.0289. The molecule has 8 atom stereocenters. The van der Waals surface area contributed by atoms with E-state index in [1.165, 1.54) is 74.3 Å². The lowest BCUT2D eigenvalue weighted by atomic mass is 9.80. The lowest BCUT2D eigenvalue weighted by Crippen LogP contribution is -2.38. The van der Waals surface area contributed by atoms with Crippen LogP contribution < -0.4 is 35.1 Å². The van der Waals surface area contributed by atoms with Crippen LogP contribution in [0.1, 0.15) is 64.3 Å². The number of benzene rings is 6. The minimum atomic E-state index is -5.07. The van der Waals surface area contributed by atoms with Crippen molar-refractivity contribution in [1.82, 2.24) is 29.1 Å². The van der Waals surface area contributed by atoms with Crippen LogP contribution >= 0.6 is 38.8 Å². The Morgan fingerprint density at radius 3 is 1.76 bits per heavy atom. The van der Waals surface area contributed by atoms with Crippen molar-refractivity contribution in [1.29, 1.82) is 5.26 Å². The summed E-state index contributed by atoms with van der Waals surface area (Å²) in [6.07, 6.45) is -4.04. The number of methoxy groups -OCH3 is 2. The third-order valence-electron chi connectivity index (χ3n) is 14.8. The summed E-state index contributed by atoms with van der Waals surface area (Å²) >= 11 is 12.5. The van der Waals surface area contributed by atoms with Crippen LogP contribution in [0, 0.1) is 18.3 Å². The molecular formula is C63H58Cl2N8O16P2. The molecule has 0 spiro atoms. The van der Waals surface area contributed by atoms with Gasteiger partial charge in [0.05, 0.1) is 52.9 Å². The van der Waals surface area contributed by atoms with Crippen LogP contribution in [-0.2, 0) is 47.0 Å². The van der Waals surface area contributed by atoms with E-state index in [0.717, 1.165) is 4.57 Å². The van der Waals surface area contributed by atoms with Crippen molar-refractivity contribution < 1.29 is 64.8 Å². The van der Waals surface area contributed by atoms with E-state index >= 15 is 4.57 Å². The van der Waals surface area contributed by atoms with Crippen molar-refractivity contribution in [3.05, 3.63) is 235 Å². The number of rotatable bonds is 26. The lowest BCUT2D eigenvalue weighted by molar-refractivity contribution is -0.0936. The predicted molar refractivity (Wildman–Crippen MR) is 332 cm³/mol. The largest absolute Gasteiger partial charge is 0.530 e. The molecule has 24 nitrogen and oxygen atoms in total. The van der Waals surface area contributed by atoms with Gasteiger partial charge in [-0.15, -0.1) is 0 Å². The first kappa shape index (κ1) is 64.0. The van der Waals surface area contributed by atoms with Crippen LogP contribution in [0.2, 0.25) is 10.0 Å². The number of aromatic amines is 1. The second-order valence-corrected chi connectivity index (χ2v) is 24.7. The molecule has 3 aromatic heterocycles. The Morgan fingerprint density at radius 2 is 1.20 bits per heavy atom. The van der Waals surface area contributed by atoms with E-state index in [1.54, 1.807) is 49.1 Å². The number of nitrogens with one attached hydrogen (secondary N) is 2. The van der Waals surface area contributed by atoms with Crippen molar-refractivity contribution in [3.8, 4) is 29.1 Å². The van der Waals surface area contributed by atoms with Gasteiger partial charge in [-0.05, 0) is 109 Å². The number of halogens is 2. The first-order chi connectivity index (χ1) is 44.0. The van der Waals surface area contributed by atoms with Gasteiger partial charge in [-0.25, -0.2) is 28.9 Å². The Labute approximate surface area is 530 Å². The van der Waals surface area contributed by atoms with Crippen molar-refractivity contribution in [2.24, 2.45) is 0 Å². The van der Waals surface area contributed by atoms with E-state index in [2.05, 4.69) is 25.3 Å². The Hall–Kier alpha value is -8.53. The van der Waals surface area contributed by atoms with Gasteiger partial charge in [-0.2, -0.15) is 5.26 Å². The average Bonchev–Trinajstić information content (AvgIpc) is 1.99. The van der Waals surface area contributed by atoms with Crippen molar-refractivity contribution >= 4 is 61.7 Å². The summed E-state index contributed by atoms with van der Waals surface area (Å²) in [6.45, 7) is 0.0682. The molecule has 2 aliphatic heterocycles. The fourth-order valence-electron chi connectivity index (χ4n) is 10.4. The zero-order valence-electron chi connectivity index (χ0n) is 48.8. The molecule has 0 radical (unpaired) electrons. The first-order valence-corrected chi connectivity index (χ1v) is 32.0. The van der Waals surface area contributed by atoms with Gasteiger partial charge in [0.25, 0.3) is 11.5 Å². The molecule has 5 heterocycles. The van der Waals surface area contributed by atoms with Gasteiger partial charge in [0.2, 0.25) is 0 Å². The van der Waals surface area contributed by atoms with Crippen LogP contribution in [0.3, 0.4) is 0 Å². The number of imidazole rings is 1. The summed E-state index contributed by atoms with van der Waals surface area (Å²) in [5.41, 5.74) is 0.190. The van der Waals surface area contributed by atoms with E-state index in [4.69, 9.17) is 74.0 Å². The molecule has 0 saturated carbocycles. The van der Waals surface area contributed by atoms with Crippen molar-refractivity contribution in [2.75, 3.05) is 39.4 Å². The summed E-state index contributed by atoms with van der Waals surface area (Å²) in [7, 11) is -6.68. The molecule has 2 fully saturated rings. The lowest BCUT2D eigenvalue weighted by Gasteiger charge is -2.37. The van der Waals surface area contributed by atoms with Gasteiger partial charge >= 0.3 is 21.3 Å². The van der Waals surface area contributed by atoms with Crippen LogP contribution in [0.4, 0.5) is 5.82 Å². The third-order valence-corrected chi connectivity index (χ3v) is 18.2. The summed E-state index contributed by atoms with van der Waals surface area (Å²) < 4.78 is 103. The summed E-state index contributed by atoms with van der Waals surface area (Å²) in [4.78, 5) is 55.3. The Morgan fingerprint density at radius 1 is 0.681 bits per heavy atom. The average molecular weight is 1320 g/mol. The van der Waals surface area contributed by atoms with Crippen LogP contribution in [0.25, 0.3) is 11.2 Å². The number of fused-ring (bicyclic) bond motifs is 1. The Kier molecular flexibility index (Phi) is 19.9. The van der Waals surface area contributed by atoms with Crippen LogP contribution in [-0.4, -0.2) is 93.4 Å². The number of amides is 1. The number of aromatic nitrogens is 6. The van der Waals surface area contributed by atoms with E-state index in [0.29, 0.717) is 43.8 Å². The highest BCUT2D eigenvalue weighted by Crippen LogP contribution is 2.57. The van der Waals surface area contributed by atoms with Gasteiger partial charge in [-0.3, -0.25) is 41.8 Å². The third kappa shape index (κ3) is 14.8. The first-order valence-electron chi connectivity index (χ1n) is 28.3. The van der Waals surface area contributed by atoms with E-state index < -0.39 is 88.5 Å².